The standard InChI is InChI=1S/C22H22N4O5/c1-13(24-12-15-4-2-3-5-17(15)21(24)28)20(27)23-9-14-8-16(11-23)18-6-7-19(26(30)31)22(29)25(18)10-14/h2-7,13-14,16H,8-12H2,1H3/t13-,14-,16+/m0/s1. The summed E-state index contributed by atoms with van der Waals surface area (Å²) in [4.78, 5) is 52.5. The van der Waals surface area contributed by atoms with Gasteiger partial charge in [-0.25, -0.2) is 0 Å². The summed E-state index contributed by atoms with van der Waals surface area (Å²) in [5, 5.41) is 11.1. The van der Waals surface area contributed by atoms with Crippen molar-refractivity contribution in [3.8, 4) is 0 Å². The first-order valence-corrected chi connectivity index (χ1v) is 10.4. The van der Waals surface area contributed by atoms with E-state index in [1.54, 1.807) is 28.9 Å². The molecule has 0 aliphatic carbocycles. The van der Waals surface area contributed by atoms with Gasteiger partial charge in [-0.15, -0.1) is 0 Å². The van der Waals surface area contributed by atoms with Crippen molar-refractivity contribution in [1.29, 1.82) is 0 Å². The highest BCUT2D eigenvalue weighted by atomic mass is 16.6. The molecule has 3 aliphatic rings. The molecule has 2 bridgehead atoms. The Morgan fingerprint density at radius 3 is 2.65 bits per heavy atom. The van der Waals surface area contributed by atoms with Crippen molar-refractivity contribution in [1.82, 2.24) is 14.4 Å². The Balaban J connectivity index is 1.37. The van der Waals surface area contributed by atoms with Crippen LogP contribution in [0.1, 0.15) is 40.9 Å². The lowest BCUT2D eigenvalue weighted by molar-refractivity contribution is -0.386. The summed E-state index contributed by atoms with van der Waals surface area (Å²) in [7, 11) is 0. The number of nitrogens with zero attached hydrogens (tertiary/aromatic N) is 4. The Labute approximate surface area is 178 Å². The second kappa shape index (κ2) is 7.04. The summed E-state index contributed by atoms with van der Waals surface area (Å²) in [6.45, 7) is 3.45. The van der Waals surface area contributed by atoms with Crippen LogP contribution in [-0.2, 0) is 17.9 Å². The molecule has 3 aliphatic heterocycles. The minimum absolute atomic E-state index is 0.0496. The third-order valence-corrected chi connectivity index (χ3v) is 6.77. The van der Waals surface area contributed by atoms with Gasteiger partial charge in [0.1, 0.15) is 6.04 Å². The lowest BCUT2D eigenvalue weighted by Crippen LogP contribution is -2.54. The van der Waals surface area contributed by atoms with Crippen molar-refractivity contribution in [2.24, 2.45) is 5.92 Å². The van der Waals surface area contributed by atoms with E-state index in [0.717, 1.165) is 17.7 Å². The molecule has 0 N–H and O–H groups in total. The molecule has 1 fully saturated rings. The number of hydrogen-bond acceptors (Lipinski definition) is 5. The Bertz CT molecular complexity index is 1170. The predicted octanol–water partition coefficient (Wildman–Crippen LogP) is 1.75. The van der Waals surface area contributed by atoms with Gasteiger partial charge in [0.25, 0.3) is 5.91 Å². The van der Waals surface area contributed by atoms with Crippen molar-refractivity contribution < 1.29 is 14.5 Å². The van der Waals surface area contributed by atoms with Gasteiger partial charge in [0.05, 0.1) is 4.92 Å². The molecule has 5 rings (SSSR count). The number of carbonyl (C=O) groups is 2. The molecule has 9 heteroatoms. The first-order valence-electron chi connectivity index (χ1n) is 10.4. The van der Waals surface area contributed by atoms with Crippen LogP contribution in [0.4, 0.5) is 5.69 Å². The van der Waals surface area contributed by atoms with E-state index >= 15 is 0 Å². The second-order valence-corrected chi connectivity index (χ2v) is 8.62. The summed E-state index contributed by atoms with van der Waals surface area (Å²) < 4.78 is 1.50. The van der Waals surface area contributed by atoms with Crippen LogP contribution in [0.25, 0.3) is 0 Å². The molecular weight excluding hydrogens is 400 g/mol. The van der Waals surface area contributed by atoms with E-state index in [9.17, 15) is 24.5 Å². The Morgan fingerprint density at radius 1 is 1.13 bits per heavy atom. The molecule has 0 radical (unpaired) electrons. The lowest BCUT2D eigenvalue weighted by atomic mass is 9.83. The molecule has 0 spiro atoms. The van der Waals surface area contributed by atoms with Gasteiger partial charge in [-0.1, -0.05) is 18.2 Å². The van der Waals surface area contributed by atoms with Crippen LogP contribution in [0.15, 0.2) is 41.2 Å². The molecule has 2 amide bonds. The minimum atomic E-state index is -0.650. The van der Waals surface area contributed by atoms with Crippen LogP contribution in [0.2, 0.25) is 0 Å². The normalized spacial score (nSPS) is 22.7. The van der Waals surface area contributed by atoms with Gasteiger partial charge in [0.2, 0.25) is 5.91 Å². The fraction of sp³-hybridized carbons (Fsp3) is 0.409. The molecule has 1 aromatic heterocycles. The van der Waals surface area contributed by atoms with Gasteiger partial charge in [0.15, 0.2) is 0 Å². The SMILES string of the molecule is C[C@@H](C(=O)N1C[C@@H]2C[C@H](C1)c1ccc([N+](=O)[O-])c(=O)n1C2)N1Cc2ccccc2C1=O. The maximum Gasteiger partial charge on any atom is 0.334 e. The number of carbonyl (C=O) groups excluding carboxylic acids is 2. The summed E-state index contributed by atoms with van der Waals surface area (Å²) in [5.41, 5.74) is 1.31. The zero-order valence-corrected chi connectivity index (χ0v) is 17.1. The van der Waals surface area contributed by atoms with Gasteiger partial charge in [-0.2, -0.15) is 0 Å². The maximum absolute atomic E-state index is 13.3. The van der Waals surface area contributed by atoms with Crippen LogP contribution in [0.3, 0.4) is 0 Å². The molecule has 4 heterocycles. The topological polar surface area (TPSA) is 106 Å². The van der Waals surface area contributed by atoms with Crippen LogP contribution in [0.5, 0.6) is 0 Å². The fourth-order valence-electron chi connectivity index (χ4n) is 5.24. The highest BCUT2D eigenvalue weighted by molar-refractivity contribution is 6.01. The van der Waals surface area contributed by atoms with Crippen LogP contribution < -0.4 is 5.56 Å². The number of pyridine rings is 1. The van der Waals surface area contributed by atoms with Gasteiger partial charge >= 0.3 is 11.2 Å². The van der Waals surface area contributed by atoms with Crippen LogP contribution in [0, 0.1) is 16.0 Å². The Hall–Kier alpha value is -3.49. The summed E-state index contributed by atoms with van der Waals surface area (Å²) in [5.74, 6) is -0.233. The molecular formula is C22H22N4O5. The van der Waals surface area contributed by atoms with Crippen LogP contribution >= 0.6 is 0 Å². The van der Waals surface area contributed by atoms with Crippen molar-refractivity contribution in [3.05, 3.63) is 73.7 Å². The number of piperidine rings is 1. The smallest absolute Gasteiger partial charge is 0.334 e. The van der Waals surface area contributed by atoms with E-state index < -0.39 is 22.2 Å². The predicted molar refractivity (Wildman–Crippen MR) is 111 cm³/mol. The second-order valence-electron chi connectivity index (χ2n) is 8.62. The van der Waals surface area contributed by atoms with Gasteiger partial charge < -0.3 is 14.4 Å². The van der Waals surface area contributed by atoms with E-state index in [4.69, 9.17) is 0 Å². The molecule has 160 valence electrons. The quantitative estimate of drug-likeness (QED) is 0.553. The first-order chi connectivity index (χ1) is 14.8. The van der Waals surface area contributed by atoms with E-state index in [0.29, 0.717) is 31.7 Å². The number of rotatable bonds is 3. The fourth-order valence-corrected chi connectivity index (χ4v) is 5.24. The maximum atomic E-state index is 13.3. The zero-order valence-electron chi connectivity index (χ0n) is 17.1. The average molecular weight is 422 g/mol. The summed E-state index contributed by atoms with van der Waals surface area (Å²) in [6, 6.07) is 9.71. The molecule has 9 nitrogen and oxygen atoms in total. The van der Waals surface area contributed by atoms with Crippen molar-refractivity contribution in [2.75, 3.05) is 13.1 Å². The van der Waals surface area contributed by atoms with E-state index in [1.807, 2.05) is 18.2 Å². The number of nitro groups is 1. The summed E-state index contributed by atoms with van der Waals surface area (Å²) >= 11 is 0. The highest BCUT2D eigenvalue weighted by Crippen LogP contribution is 2.36. The number of likely N-dealkylation sites (tertiary alicyclic amines) is 1. The Kier molecular flexibility index (Phi) is 4.42. The zero-order chi connectivity index (χ0) is 21.9. The first kappa shape index (κ1) is 19.5. The minimum Gasteiger partial charge on any atom is -0.340 e. The number of benzene rings is 1. The third-order valence-electron chi connectivity index (χ3n) is 6.77. The molecule has 2 aromatic rings. The van der Waals surface area contributed by atoms with E-state index in [2.05, 4.69) is 0 Å². The van der Waals surface area contributed by atoms with Crippen molar-refractivity contribution in [3.63, 3.8) is 0 Å². The van der Waals surface area contributed by atoms with Gasteiger partial charge in [0, 0.05) is 49.4 Å². The summed E-state index contributed by atoms with van der Waals surface area (Å²) in [6.07, 6.45) is 0.837. The molecule has 1 saturated heterocycles. The molecule has 1 aromatic carbocycles. The molecule has 3 atom stereocenters. The number of amides is 2. The van der Waals surface area contributed by atoms with Crippen LogP contribution in [-0.4, -0.2) is 50.2 Å². The van der Waals surface area contributed by atoms with Crippen molar-refractivity contribution >= 4 is 17.5 Å². The third kappa shape index (κ3) is 3.03. The number of hydrogen-bond donors (Lipinski definition) is 0. The molecule has 31 heavy (non-hydrogen) atoms. The monoisotopic (exact) mass is 422 g/mol. The highest BCUT2D eigenvalue weighted by Gasteiger charge is 2.41. The van der Waals surface area contributed by atoms with Gasteiger partial charge in [-0.05, 0) is 37.0 Å². The Morgan fingerprint density at radius 2 is 1.90 bits per heavy atom. The number of fused-ring (bicyclic) bond motifs is 5. The lowest BCUT2D eigenvalue weighted by Gasteiger charge is -2.44. The van der Waals surface area contributed by atoms with E-state index in [1.165, 1.54) is 10.6 Å². The number of aromatic nitrogens is 1. The average Bonchev–Trinajstić information content (AvgIpc) is 3.10. The van der Waals surface area contributed by atoms with Crippen molar-refractivity contribution in [2.45, 2.75) is 38.4 Å². The molecule has 0 saturated carbocycles. The largest absolute Gasteiger partial charge is 0.340 e. The van der Waals surface area contributed by atoms with Gasteiger partial charge in [-0.3, -0.25) is 24.5 Å². The molecule has 0 unspecified atom stereocenters. The van der Waals surface area contributed by atoms with E-state index in [-0.39, 0.29) is 23.7 Å².